The molecule has 0 atom stereocenters. The molecule has 2 heterocycles. The zero-order chi connectivity index (χ0) is 20.1. The molecule has 0 saturated carbocycles. The van der Waals surface area contributed by atoms with Gasteiger partial charge in [-0.25, -0.2) is 0 Å². The highest BCUT2D eigenvalue weighted by Crippen LogP contribution is 2.20. The molecule has 9 nitrogen and oxygen atoms in total. The van der Waals surface area contributed by atoms with E-state index >= 15 is 0 Å². The first kappa shape index (κ1) is 20.6. The van der Waals surface area contributed by atoms with Gasteiger partial charge in [-0.05, 0) is 40.8 Å². The Bertz CT molecular complexity index is 1010. The fraction of sp³-hybridized carbons (Fsp3) is 0.188. The molecule has 0 unspecified atom stereocenters. The Morgan fingerprint density at radius 2 is 1.93 bits per heavy atom. The van der Waals surface area contributed by atoms with E-state index in [1.165, 1.54) is 12.1 Å². The average molecular weight is 535 g/mol. The maximum atomic E-state index is 12.1. The Labute approximate surface area is 182 Å². The largest absolute Gasteiger partial charge is 0.350 e. The molecule has 2 N–H and O–H groups in total. The molecule has 0 saturated heterocycles. The highest BCUT2D eigenvalue weighted by Gasteiger charge is 2.16. The number of carbonyl (C=O) groups excluding carboxylic acids is 2. The fourth-order valence-corrected chi connectivity index (χ4v) is 3.12. The molecule has 3 rings (SSSR count). The topological polar surface area (TPSA) is 115 Å². The minimum absolute atomic E-state index is 0.163. The Hall–Kier alpha value is -2.18. The number of nitrogens with zero attached hydrogens (tertiary/aromatic N) is 4. The third-order valence-corrected chi connectivity index (χ3v) is 4.54. The van der Waals surface area contributed by atoms with Crippen LogP contribution in [0.5, 0.6) is 0 Å². The van der Waals surface area contributed by atoms with Gasteiger partial charge in [-0.15, -0.1) is 0 Å². The number of rotatable bonds is 7. The first-order chi connectivity index (χ1) is 13.4. The Morgan fingerprint density at radius 3 is 2.61 bits per heavy atom. The molecule has 0 spiro atoms. The van der Waals surface area contributed by atoms with Gasteiger partial charge in [-0.1, -0.05) is 28.4 Å². The van der Waals surface area contributed by atoms with Crippen molar-refractivity contribution in [2.24, 2.45) is 0 Å². The third kappa shape index (κ3) is 5.42. The molecule has 12 heteroatoms. The van der Waals surface area contributed by atoms with Crippen molar-refractivity contribution in [3.63, 3.8) is 0 Å². The van der Waals surface area contributed by atoms with Gasteiger partial charge in [0.25, 0.3) is 5.91 Å². The van der Waals surface area contributed by atoms with Crippen molar-refractivity contribution in [3.05, 3.63) is 61.5 Å². The maximum Gasteiger partial charge on any atom is 0.316 e. The average Bonchev–Trinajstić information content (AvgIpc) is 3.27. The molecule has 2 amide bonds. The number of carbonyl (C=O) groups is 2. The lowest BCUT2D eigenvalue weighted by Crippen LogP contribution is -2.34. The van der Waals surface area contributed by atoms with E-state index in [-0.39, 0.29) is 36.5 Å². The van der Waals surface area contributed by atoms with Crippen molar-refractivity contribution < 1.29 is 14.1 Å². The number of benzene rings is 1. The van der Waals surface area contributed by atoms with Crippen LogP contribution in [0.2, 0.25) is 10.0 Å². The van der Waals surface area contributed by atoms with Gasteiger partial charge in [0.15, 0.2) is 5.82 Å². The van der Waals surface area contributed by atoms with E-state index in [0.29, 0.717) is 16.4 Å². The molecule has 0 aliphatic rings. The maximum absolute atomic E-state index is 12.1. The van der Waals surface area contributed by atoms with Gasteiger partial charge in [0.2, 0.25) is 0 Å². The number of nitrogens with one attached hydrogen (secondary N) is 2. The Balaban J connectivity index is 1.45. The van der Waals surface area contributed by atoms with Crippen LogP contribution in [0.15, 0.2) is 35.1 Å². The molecule has 0 fully saturated rings. The van der Waals surface area contributed by atoms with Crippen molar-refractivity contribution in [2.45, 2.75) is 6.54 Å². The van der Waals surface area contributed by atoms with E-state index in [1.807, 2.05) is 6.20 Å². The number of aromatic nitrogens is 4. The van der Waals surface area contributed by atoms with Crippen LogP contribution in [0.25, 0.3) is 0 Å². The lowest BCUT2D eigenvalue weighted by Gasteiger charge is -2.07. The minimum atomic E-state index is -0.535. The minimum Gasteiger partial charge on any atom is -0.350 e. The summed E-state index contributed by atoms with van der Waals surface area (Å²) in [4.78, 5) is 28.1. The van der Waals surface area contributed by atoms with Crippen LogP contribution in [-0.4, -0.2) is 44.8 Å². The number of hydrogen-bond acceptors (Lipinski definition) is 6. The second-order valence-electron chi connectivity index (χ2n) is 5.51. The zero-order valence-electron chi connectivity index (χ0n) is 14.2. The lowest BCUT2D eigenvalue weighted by molar-refractivity contribution is 0.0898. The Morgan fingerprint density at radius 1 is 1.18 bits per heavy atom. The van der Waals surface area contributed by atoms with Crippen LogP contribution >= 0.6 is 45.8 Å². The molecule has 0 radical (unpaired) electrons. The highest BCUT2D eigenvalue weighted by atomic mass is 127. The van der Waals surface area contributed by atoms with Crippen molar-refractivity contribution in [3.8, 4) is 0 Å². The van der Waals surface area contributed by atoms with Gasteiger partial charge in [-0.2, -0.15) is 10.1 Å². The SMILES string of the molecule is O=C(NCCNC(=O)c1ccc(Cl)cc1Cl)c1nc(Cn2cc(I)cn2)no1. The first-order valence-electron chi connectivity index (χ1n) is 7.94. The van der Waals surface area contributed by atoms with Crippen LogP contribution in [0.1, 0.15) is 26.9 Å². The lowest BCUT2D eigenvalue weighted by atomic mass is 10.2. The zero-order valence-corrected chi connectivity index (χ0v) is 17.8. The smallest absolute Gasteiger partial charge is 0.316 e. The van der Waals surface area contributed by atoms with Crippen LogP contribution in [0, 0.1) is 3.57 Å². The summed E-state index contributed by atoms with van der Waals surface area (Å²) in [5, 5.41) is 13.8. The van der Waals surface area contributed by atoms with Crippen LogP contribution in [0.4, 0.5) is 0 Å². The molecule has 0 aliphatic carbocycles. The highest BCUT2D eigenvalue weighted by molar-refractivity contribution is 14.1. The van der Waals surface area contributed by atoms with Crippen molar-refractivity contribution in [1.82, 2.24) is 30.6 Å². The monoisotopic (exact) mass is 534 g/mol. The number of hydrogen-bond donors (Lipinski definition) is 2. The van der Waals surface area contributed by atoms with Crippen molar-refractivity contribution in [1.29, 1.82) is 0 Å². The third-order valence-electron chi connectivity index (χ3n) is 3.44. The molecular formula is C16H13Cl2IN6O3. The first-order valence-corrected chi connectivity index (χ1v) is 9.78. The van der Waals surface area contributed by atoms with Gasteiger partial charge in [-0.3, -0.25) is 14.3 Å². The second kappa shape index (κ2) is 9.34. The molecule has 1 aromatic carbocycles. The summed E-state index contributed by atoms with van der Waals surface area (Å²) in [5.41, 5.74) is 0.298. The predicted octanol–water partition coefficient (Wildman–Crippen LogP) is 2.39. The summed E-state index contributed by atoms with van der Waals surface area (Å²) in [6.07, 6.45) is 3.51. The van der Waals surface area contributed by atoms with E-state index in [0.717, 1.165) is 3.57 Å². The van der Waals surface area contributed by atoms with E-state index < -0.39 is 5.91 Å². The molecule has 3 aromatic rings. The van der Waals surface area contributed by atoms with E-state index in [4.69, 9.17) is 27.7 Å². The van der Waals surface area contributed by atoms with E-state index in [1.54, 1.807) is 16.9 Å². The summed E-state index contributed by atoms with van der Waals surface area (Å²) < 4.78 is 7.55. The Kier molecular flexibility index (Phi) is 6.86. The standard InChI is InChI=1S/C16H13Cl2IN6O3/c17-9-1-2-11(12(18)5-9)14(26)20-3-4-21-15(27)16-23-13(24-28-16)8-25-7-10(19)6-22-25/h1-2,5-7H,3-4,8H2,(H,20,26)(H,21,27). The number of amides is 2. The summed E-state index contributed by atoms with van der Waals surface area (Å²) in [5.74, 6) is -0.739. The quantitative estimate of drug-likeness (QED) is 0.355. The molecule has 146 valence electrons. The van der Waals surface area contributed by atoms with Crippen LogP contribution in [0.3, 0.4) is 0 Å². The van der Waals surface area contributed by atoms with Crippen LogP contribution < -0.4 is 10.6 Å². The molecule has 28 heavy (non-hydrogen) atoms. The van der Waals surface area contributed by atoms with Crippen molar-refractivity contribution >= 4 is 57.6 Å². The van der Waals surface area contributed by atoms with Gasteiger partial charge in [0.05, 0.1) is 20.4 Å². The molecule has 2 aromatic heterocycles. The fourth-order valence-electron chi connectivity index (χ4n) is 2.18. The molecule has 0 bridgehead atoms. The summed E-state index contributed by atoms with van der Waals surface area (Å²) in [6.45, 7) is 0.652. The summed E-state index contributed by atoms with van der Waals surface area (Å²) in [7, 11) is 0. The van der Waals surface area contributed by atoms with E-state index in [2.05, 4.69) is 48.5 Å². The molecule has 0 aliphatic heterocycles. The molecular weight excluding hydrogens is 522 g/mol. The van der Waals surface area contributed by atoms with Gasteiger partial charge in [0.1, 0.15) is 6.54 Å². The van der Waals surface area contributed by atoms with Gasteiger partial charge in [0, 0.05) is 24.3 Å². The summed E-state index contributed by atoms with van der Waals surface area (Å²) in [6, 6.07) is 4.58. The predicted molar refractivity (Wildman–Crippen MR) is 109 cm³/mol. The van der Waals surface area contributed by atoms with Gasteiger partial charge < -0.3 is 15.2 Å². The number of halogens is 3. The van der Waals surface area contributed by atoms with E-state index in [9.17, 15) is 9.59 Å². The normalized spacial score (nSPS) is 10.7. The van der Waals surface area contributed by atoms with Gasteiger partial charge >= 0.3 is 11.8 Å². The van der Waals surface area contributed by atoms with Crippen LogP contribution in [-0.2, 0) is 6.54 Å². The van der Waals surface area contributed by atoms with Crippen molar-refractivity contribution in [2.75, 3.05) is 13.1 Å². The second-order valence-corrected chi connectivity index (χ2v) is 7.60. The summed E-state index contributed by atoms with van der Waals surface area (Å²) >= 11 is 13.9.